The fraction of sp³-hybridized carbons (Fsp3) is 0.200. The van der Waals surface area contributed by atoms with Gasteiger partial charge in [0.2, 0.25) is 5.89 Å². The molecule has 0 aliphatic carbocycles. The first-order valence-corrected chi connectivity index (χ1v) is 8.44. The van der Waals surface area contributed by atoms with Gasteiger partial charge in [-0.25, -0.2) is 4.98 Å². The van der Waals surface area contributed by atoms with Crippen molar-refractivity contribution in [3.63, 3.8) is 0 Å². The number of para-hydroxylation sites is 2. The number of carbonyl (C=O) groups excluding carboxylic acids is 1. The van der Waals surface area contributed by atoms with Crippen molar-refractivity contribution in [1.29, 1.82) is 0 Å². The topological polar surface area (TPSA) is 84.6 Å². The number of aromatic nitrogens is 1. The number of aliphatic carboxylic acids is 1. The molecule has 3 rings (SSSR count). The minimum atomic E-state index is -2.99. The van der Waals surface area contributed by atoms with Crippen molar-refractivity contribution in [2.45, 2.75) is 20.0 Å². The van der Waals surface area contributed by atoms with Gasteiger partial charge >= 0.3 is 6.61 Å². The molecule has 0 fully saturated rings. The van der Waals surface area contributed by atoms with Gasteiger partial charge in [-0.2, -0.15) is 8.78 Å². The van der Waals surface area contributed by atoms with Gasteiger partial charge in [-0.1, -0.05) is 18.2 Å². The van der Waals surface area contributed by atoms with Gasteiger partial charge in [0.1, 0.15) is 5.52 Å². The van der Waals surface area contributed by atoms with E-state index in [1.54, 1.807) is 31.2 Å². The molecule has 2 aromatic carbocycles. The van der Waals surface area contributed by atoms with Crippen LogP contribution >= 0.6 is 0 Å². The molecule has 0 bridgehead atoms. The van der Waals surface area contributed by atoms with Crippen LogP contribution in [0.4, 0.5) is 8.78 Å². The molecule has 0 saturated carbocycles. The molecule has 146 valence electrons. The van der Waals surface area contributed by atoms with Gasteiger partial charge in [0.15, 0.2) is 17.1 Å². The minimum absolute atomic E-state index is 0.113. The van der Waals surface area contributed by atoms with E-state index in [2.05, 4.69) is 9.72 Å². The highest BCUT2D eigenvalue weighted by Gasteiger charge is 2.14. The quantitative estimate of drug-likeness (QED) is 0.587. The van der Waals surface area contributed by atoms with Crippen molar-refractivity contribution in [2.75, 3.05) is 6.61 Å². The van der Waals surface area contributed by atoms with Gasteiger partial charge < -0.3 is 23.8 Å². The lowest BCUT2D eigenvalue weighted by Crippen LogP contribution is -2.22. The van der Waals surface area contributed by atoms with E-state index in [0.29, 0.717) is 16.7 Å². The first kappa shape index (κ1) is 19.3. The largest absolute Gasteiger partial charge is 0.550 e. The Morgan fingerprint density at radius 3 is 2.71 bits per heavy atom. The summed E-state index contributed by atoms with van der Waals surface area (Å²) >= 11 is 0. The Morgan fingerprint density at radius 2 is 2.04 bits per heavy atom. The number of hydrogen-bond acceptors (Lipinski definition) is 6. The zero-order chi connectivity index (χ0) is 20.1. The summed E-state index contributed by atoms with van der Waals surface area (Å²) in [6, 6.07) is 11.3. The van der Waals surface area contributed by atoms with E-state index < -0.39 is 19.0 Å². The molecule has 0 saturated heterocycles. The first-order chi connectivity index (χ1) is 13.5. The number of carbonyl (C=O) groups is 1. The molecule has 0 aliphatic heterocycles. The highest BCUT2D eigenvalue weighted by Crippen LogP contribution is 2.32. The normalized spacial score (nSPS) is 11.8. The van der Waals surface area contributed by atoms with Gasteiger partial charge in [-0.3, -0.25) is 0 Å². The number of rotatable bonds is 8. The van der Waals surface area contributed by atoms with E-state index in [4.69, 9.17) is 9.15 Å². The number of ether oxygens (including phenoxy) is 2. The lowest BCUT2D eigenvalue weighted by atomic mass is 10.1. The van der Waals surface area contributed by atoms with Crippen molar-refractivity contribution in [2.24, 2.45) is 0 Å². The lowest BCUT2D eigenvalue weighted by molar-refractivity contribution is -0.304. The summed E-state index contributed by atoms with van der Waals surface area (Å²) in [5.41, 5.74) is 1.86. The van der Waals surface area contributed by atoms with Gasteiger partial charge in [0.05, 0.1) is 6.61 Å². The van der Waals surface area contributed by atoms with Crippen LogP contribution in [0.3, 0.4) is 0 Å². The predicted molar refractivity (Wildman–Crippen MR) is 95.7 cm³/mol. The average Bonchev–Trinajstić information content (AvgIpc) is 3.07. The molecule has 8 heteroatoms. The van der Waals surface area contributed by atoms with E-state index in [-0.39, 0.29) is 29.6 Å². The molecule has 0 amide bonds. The second-order valence-corrected chi connectivity index (χ2v) is 5.72. The number of halogens is 2. The standard InChI is InChI=1S/C20H17F2NO5/c1-2-26-17-10-12(7-8-16(17)28-20(21)22)9-13(11-18(24)25)19-23-14-5-3-4-6-15(14)27-19/h3-10,20H,2,11H2,1H3,(H,24,25)/p-1/b13-9+. The summed E-state index contributed by atoms with van der Waals surface area (Å²) in [5.74, 6) is -1.17. The monoisotopic (exact) mass is 388 g/mol. The van der Waals surface area contributed by atoms with Crippen LogP contribution in [0.5, 0.6) is 11.5 Å². The van der Waals surface area contributed by atoms with Crippen molar-refractivity contribution in [1.82, 2.24) is 4.98 Å². The van der Waals surface area contributed by atoms with Crippen LogP contribution in [0.15, 0.2) is 46.9 Å². The number of carboxylic acids is 1. The Bertz CT molecular complexity index is 980. The summed E-state index contributed by atoms with van der Waals surface area (Å²) in [6.07, 6.45) is 1.08. The third kappa shape index (κ3) is 4.64. The Balaban J connectivity index is 2.02. The Kier molecular flexibility index (Phi) is 5.88. The highest BCUT2D eigenvalue weighted by molar-refractivity contribution is 5.90. The molecule has 0 N–H and O–H groups in total. The smallest absolute Gasteiger partial charge is 0.387 e. The number of alkyl halides is 2. The van der Waals surface area contributed by atoms with Crippen LogP contribution in [0.2, 0.25) is 0 Å². The molecular formula is C20H16F2NO5-. The molecule has 6 nitrogen and oxygen atoms in total. The summed E-state index contributed by atoms with van der Waals surface area (Å²) < 4.78 is 40.5. The number of oxazole rings is 1. The highest BCUT2D eigenvalue weighted by atomic mass is 19.3. The lowest BCUT2D eigenvalue weighted by Gasteiger charge is -2.12. The van der Waals surface area contributed by atoms with E-state index in [0.717, 1.165) is 0 Å². The van der Waals surface area contributed by atoms with Crippen molar-refractivity contribution >= 4 is 28.7 Å². The van der Waals surface area contributed by atoms with Crippen LogP contribution < -0.4 is 14.6 Å². The predicted octanol–water partition coefficient (Wildman–Crippen LogP) is 3.51. The van der Waals surface area contributed by atoms with Gasteiger partial charge in [-0.15, -0.1) is 0 Å². The maximum Gasteiger partial charge on any atom is 0.387 e. The van der Waals surface area contributed by atoms with Crippen molar-refractivity contribution in [3.8, 4) is 11.5 Å². The first-order valence-electron chi connectivity index (χ1n) is 8.44. The third-order valence-corrected chi connectivity index (χ3v) is 3.73. The minimum Gasteiger partial charge on any atom is -0.550 e. The number of hydrogen-bond donors (Lipinski definition) is 0. The van der Waals surface area contributed by atoms with Crippen LogP contribution in [-0.2, 0) is 4.79 Å². The number of fused-ring (bicyclic) bond motifs is 1. The van der Waals surface area contributed by atoms with Gasteiger partial charge in [0, 0.05) is 18.0 Å². The fourth-order valence-corrected chi connectivity index (χ4v) is 2.63. The zero-order valence-electron chi connectivity index (χ0n) is 14.9. The Morgan fingerprint density at radius 1 is 1.25 bits per heavy atom. The average molecular weight is 388 g/mol. The molecule has 1 aromatic heterocycles. The van der Waals surface area contributed by atoms with Crippen molar-refractivity contribution in [3.05, 3.63) is 53.9 Å². The van der Waals surface area contributed by atoms with E-state index in [9.17, 15) is 18.7 Å². The number of benzene rings is 2. The van der Waals surface area contributed by atoms with E-state index in [1.165, 1.54) is 24.3 Å². The molecule has 0 atom stereocenters. The second-order valence-electron chi connectivity index (χ2n) is 5.72. The third-order valence-electron chi connectivity index (χ3n) is 3.73. The molecular weight excluding hydrogens is 372 g/mol. The zero-order valence-corrected chi connectivity index (χ0v) is 14.9. The SMILES string of the molecule is CCOc1cc(/C=C(\CC(=O)[O-])c2nc3ccccc3o2)ccc1OC(F)F. The van der Waals surface area contributed by atoms with Gasteiger partial charge in [0.25, 0.3) is 0 Å². The second kappa shape index (κ2) is 8.51. The molecule has 0 unspecified atom stereocenters. The van der Waals surface area contributed by atoms with E-state index in [1.807, 2.05) is 0 Å². The van der Waals surface area contributed by atoms with Crippen LogP contribution in [0, 0.1) is 0 Å². The summed E-state index contributed by atoms with van der Waals surface area (Å²) in [5, 5.41) is 11.2. The molecule has 28 heavy (non-hydrogen) atoms. The van der Waals surface area contributed by atoms with Gasteiger partial charge in [-0.05, 0) is 42.8 Å². The summed E-state index contributed by atoms with van der Waals surface area (Å²) in [4.78, 5) is 15.5. The Hall–Kier alpha value is -3.42. The molecule has 0 spiro atoms. The number of nitrogens with zero attached hydrogens (tertiary/aromatic N) is 1. The summed E-state index contributed by atoms with van der Waals surface area (Å²) in [7, 11) is 0. The molecule has 3 aromatic rings. The Labute approximate surface area is 159 Å². The molecule has 0 aliphatic rings. The molecule has 1 heterocycles. The number of carboxylic acid groups (broad SMARTS) is 1. The van der Waals surface area contributed by atoms with Crippen molar-refractivity contribution < 1.29 is 32.6 Å². The van der Waals surface area contributed by atoms with Crippen LogP contribution in [-0.4, -0.2) is 24.2 Å². The summed E-state index contributed by atoms with van der Waals surface area (Å²) in [6.45, 7) is -1.05. The van der Waals surface area contributed by atoms with Crippen LogP contribution in [0.1, 0.15) is 24.8 Å². The molecule has 0 radical (unpaired) electrons. The van der Waals surface area contributed by atoms with E-state index >= 15 is 0 Å². The maximum absolute atomic E-state index is 12.5. The maximum atomic E-state index is 12.5. The fourth-order valence-electron chi connectivity index (χ4n) is 2.63. The van der Waals surface area contributed by atoms with Crippen LogP contribution in [0.25, 0.3) is 22.7 Å².